The van der Waals surface area contributed by atoms with E-state index in [1.165, 1.54) is 0 Å². The van der Waals surface area contributed by atoms with Crippen LogP contribution in [-0.2, 0) is 22.2 Å². The standard InChI is InChI=1S/C10H15NO2S/c1-4-8-5-9(7-11-6-8)10(2,3)14(12)13/h5-7H,4H2,1-3H3,(H,12,13)/p-1. The first-order chi connectivity index (χ1) is 6.48. The van der Waals surface area contributed by atoms with Gasteiger partial charge in [-0.2, -0.15) is 0 Å². The summed E-state index contributed by atoms with van der Waals surface area (Å²) in [5, 5.41) is 0. The minimum absolute atomic E-state index is 0.741. The minimum atomic E-state index is -2.13. The molecule has 1 unspecified atom stereocenters. The lowest BCUT2D eigenvalue weighted by Crippen LogP contribution is -2.23. The summed E-state index contributed by atoms with van der Waals surface area (Å²) in [6.07, 6.45) is 4.23. The third-order valence-electron chi connectivity index (χ3n) is 2.31. The van der Waals surface area contributed by atoms with Gasteiger partial charge in [0.2, 0.25) is 0 Å². The Morgan fingerprint density at radius 3 is 2.64 bits per heavy atom. The molecule has 1 heterocycles. The fourth-order valence-electron chi connectivity index (χ4n) is 1.11. The van der Waals surface area contributed by atoms with Gasteiger partial charge in [-0.3, -0.25) is 9.19 Å². The molecule has 0 aromatic carbocycles. The van der Waals surface area contributed by atoms with E-state index >= 15 is 0 Å². The molecule has 0 aliphatic carbocycles. The van der Waals surface area contributed by atoms with Crippen molar-refractivity contribution < 1.29 is 8.76 Å². The molecule has 14 heavy (non-hydrogen) atoms. The van der Waals surface area contributed by atoms with Gasteiger partial charge in [0.15, 0.2) is 0 Å². The maximum atomic E-state index is 11.0. The molecule has 1 aromatic rings. The van der Waals surface area contributed by atoms with Crippen molar-refractivity contribution in [2.24, 2.45) is 0 Å². The summed E-state index contributed by atoms with van der Waals surface area (Å²) in [5.41, 5.74) is 1.80. The molecule has 0 radical (unpaired) electrons. The van der Waals surface area contributed by atoms with E-state index in [2.05, 4.69) is 4.98 Å². The van der Waals surface area contributed by atoms with Gasteiger partial charge < -0.3 is 4.55 Å². The molecule has 1 atom stereocenters. The highest BCUT2D eigenvalue weighted by Gasteiger charge is 2.22. The SMILES string of the molecule is CCc1cncc(C(C)(C)S(=O)[O-])c1. The molecule has 0 fully saturated rings. The topological polar surface area (TPSA) is 53.0 Å². The number of pyridine rings is 1. The molecule has 0 aliphatic heterocycles. The molecule has 0 saturated carbocycles. The zero-order valence-corrected chi connectivity index (χ0v) is 9.43. The van der Waals surface area contributed by atoms with E-state index in [0.717, 1.165) is 17.5 Å². The molecular weight excluding hydrogens is 198 g/mol. The number of aromatic nitrogens is 1. The van der Waals surface area contributed by atoms with Crippen LogP contribution in [0, 0.1) is 0 Å². The first kappa shape index (κ1) is 11.3. The molecule has 0 amide bonds. The Kier molecular flexibility index (Phi) is 3.39. The Hall–Kier alpha value is -0.740. The van der Waals surface area contributed by atoms with Crippen molar-refractivity contribution in [3.8, 4) is 0 Å². The van der Waals surface area contributed by atoms with Gasteiger partial charge in [-0.05, 0) is 42.5 Å². The van der Waals surface area contributed by atoms with Gasteiger partial charge in [-0.1, -0.05) is 13.0 Å². The summed E-state index contributed by atoms with van der Waals surface area (Å²) in [7, 11) is 0. The average molecular weight is 212 g/mol. The average Bonchev–Trinajstić information content (AvgIpc) is 2.17. The van der Waals surface area contributed by atoms with Gasteiger partial charge in [-0.15, -0.1) is 0 Å². The second kappa shape index (κ2) is 4.19. The maximum absolute atomic E-state index is 11.0. The fraction of sp³-hybridized carbons (Fsp3) is 0.500. The number of hydrogen-bond acceptors (Lipinski definition) is 3. The summed E-state index contributed by atoms with van der Waals surface area (Å²) < 4.78 is 21.1. The highest BCUT2D eigenvalue weighted by molar-refractivity contribution is 7.80. The molecule has 1 rings (SSSR count). The lowest BCUT2D eigenvalue weighted by atomic mass is 10.0. The molecule has 1 aromatic heterocycles. The summed E-state index contributed by atoms with van der Waals surface area (Å²) >= 11 is -2.13. The third-order valence-corrected chi connectivity index (χ3v) is 3.38. The van der Waals surface area contributed by atoms with E-state index < -0.39 is 15.8 Å². The van der Waals surface area contributed by atoms with Gasteiger partial charge in [-0.25, -0.2) is 0 Å². The zero-order valence-electron chi connectivity index (χ0n) is 8.61. The summed E-state index contributed by atoms with van der Waals surface area (Å²) in [6.45, 7) is 5.36. The van der Waals surface area contributed by atoms with Crippen molar-refractivity contribution in [3.05, 3.63) is 29.6 Å². The van der Waals surface area contributed by atoms with Crippen LogP contribution in [0.3, 0.4) is 0 Å². The van der Waals surface area contributed by atoms with Gasteiger partial charge in [0.25, 0.3) is 0 Å². The monoisotopic (exact) mass is 212 g/mol. The number of hydrogen-bond donors (Lipinski definition) is 0. The molecule has 0 bridgehead atoms. The van der Waals surface area contributed by atoms with Gasteiger partial charge in [0.1, 0.15) is 0 Å². The summed E-state index contributed by atoms with van der Waals surface area (Å²) in [6, 6.07) is 1.89. The minimum Gasteiger partial charge on any atom is -0.772 e. The van der Waals surface area contributed by atoms with Crippen LogP contribution in [0.2, 0.25) is 0 Å². The largest absolute Gasteiger partial charge is 0.772 e. The van der Waals surface area contributed by atoms with Crippen LogP contribution >= 0.6 is 0 Å². The van der Waals surface area contributed by atoms with E-state index in [4.69, 9.17) is 0 Å². The zero-order chi connectivity index (χ0) is 10.8. The first-order valence-electron chi connectivity index (χ1n) is 4.52. The van der Waals surface area contributed by atoms with Crippen molar-refractivity contribution >= 4 is 11.1 Å². The Labute approximate surface area is 86.9 Å². The molecule has 0 N–H and O–H groups in total. The van der Waals surface area contributed by atoms with Crippen LogP contribution in [0.1, 0.15) is 31.9 Å². The Balaban J connectivity index is 3.12. The van der Waals surface area contributed by atoms with Crippen LogP contribution in [0.5, 0.6) is 0 Å². The third kappa shape index (κ3) is 2.19. The number of rotatable bonds is 3. The second-order valence-electron chi connectivity index (χ2n) is 3.68. The van der Waals surface area contributed by atoms with Crippen molar-refractivity contribution in [1.82, 2.24) is 4.98 Å². The highest BCUT2D eigenvalue weighted by atomic mass is 32.2. The van der Waals surface area contributed by atoms with Gasteiger partial charge in [0, 0.05) is 12.4 Å². The van der Waals surface area contributed by atoms with Crippen LogP contribution in [0.4, 0.5) is 0 Å². The van der Waals surface area contributed by atoms with Crippen molar-refractivity contribution in [2.45, 2.75) is 31.9 Å². The van der Waals surface area contributed by atoms with E-state index in [1.54, 1.807) is 26.2 Å². The predicted octanol–water partition coefficient (Wildman–Crippen LogP) is 1.76. The van der Waals surface area contributed by atoms with Crippen LogP contribution in [-0.4, -0.2) is 13.7 Å². The van der Waals surface area contributed by atoms with Gasteiger partial charge >= 0.3 is 0 Å². The summed E-state index contributed by atoms with van der Waals surface area (Å²) in [5.74, 6) is 0. The second-order valence-corrected chi connectivity index (χ2v) is 5.17. The number of aryl methyl sites for hydroxylation is 1. The quantitative estimate of drug-likeness (QED) is 0.717. The highest BCUT2D eigenvalue weighted by Crippen LogP contribution is 2.25. The van der Waals surface area contributed by atoms with E-state index in [-0.39, 0.29) is 0 Å². The van der Waals surface area contributed by atoms with Crippen LogP contribution < -0.4 is 0 Å². The molecule has 0 aliphatic rings. The number of nitrogens with zero attached hydrogens (tertiary/aromatic N) is 1. The Morgan fingerprint density at radius 2 is 2.14 bits per heavy atom. The maximum Gasteiger partial charge on any atom is 0.0534 e. The predicted molar refractivity (Wildman–Crippen MR) is 55.6 cm³/mol. The van der Waals surface area contributed by atoms with E-state index in [0.29, 0.717) is 0 Å². The first-order valence-corrected chi connectivity index (χ1v) is 5.59. The molecule has 0 saturated heterocycles. The van der Waals surface area contributed by atoms with Crippen molar-refractivity contribution in [2.75, 3.05) is 0 Å². The smallest absolute Gasteiger partial charge is 0.0534 e. The normalized spacial score (nSPS) is 14.0. The molecule has 0 spiro atoms. The van der Waals surface area contributed by atoms with Crippen molar-refractivity contribution in [3.63, 3.8) is 0 Å². The Bertz CT molecular complexity index is 350. The molecule has 3 nitrogen and oxygen atoms in total. The van der Waals surface area contributed by atoms with E-state index in [9.17, 15) is 8.76 Å². The van der Waals surface area contributed by atoms with Crippen LogP contribution in [0.25, 0.3) is 0 Å². The Morgan fingerprint density at radius 1 is 1.50 bits per heavy atom. The van der Waals surface area contributed by atoms with Gasteiger partial charge in [0.05, 0.1) is 4.75 Å². The molecular formula is C10H14NO2S-. The van der Waals surface area contributed by atoms with Crippen LogP contribution in [0.15, 0.2) is 18.5 Å². The lowest BCUT2D eigenvalue weighted by Gasteiger charge is -2.27. The van der Waals surface area contributed by atoms with Crippen molar-refractivity contribution in [1.29, 1.82) is 0 Å². The fourth-order valence-corrected chi connectivity index (χ4v) is 1.41. The summed E-state index contributed by atoms with van der Waals surface area (Å²) in [4.78, 5) is 4.03. The lowest BCUT2D eigenvalue weighted by molar-refractivity contribution is 0.499. The molecule has 78 valence electrons. The van der Waals surface area contributed by atoms with E-state index in [1.807, 2.05) is 13.0 Å². The molecule has 4 heteroatoms.